The lowest BCUT2D eigenvalue weighted by molar-refractivity contribution is 0.602. The second kappa shape index (κ2) is 10.5. The average molecular weight is 562 g/mol. The third-order valence-corrected chi connectivity index (χ3v) is 8.83. The van der Waals surface area contributed by atoms with E-state index < -0.39 is 9.84 Å². The summed E-state index contributed by atoms with van der Waals surface area (Å²) in [6.07, 6.45) is 3.06. The Balaban J connectivity index is 1.49. The van der Waals surface area contributed by atoms with Crippen molar-refractivity contribution >= 4 is 37.8 Å². The minimum Gasteiger partial charge on any atom is -0.377 e. The van der Waals surface area contributed by atoms with Gasteiger partial charge in [0.05, 0.1) is 16.3 Å². The summed E-state index contributed by atoms with van der Waals surface area (Å²) in [5.41, 5.74) is 3.32. The van der Waals surface area contributed by atoms with Crippen molar-refractivity contribution in [3.63, 3.8) is 0 Å². The summed E-state index contributed by atoms with van der Waals surface area (Å²) in [7, 11) is 0.142. The van der Waals surface area contributed by atoms with Gasteiger partial charge in [0.2, 0.25) is 5.56 Å². The largest absolute Gasteiger partial charge is 0.377 e. The van der Waals surface area contributed by atoms with Crippen LogP contribution in [0, 0.1) is 6.92 Å². The van der Waals surface area contributed by atoms with Gasteiger partial charge in [-0.2, -0.15) is 0 Å². The first-order valence-corrected chi connectivity index (χ1v) is 15.2. The highest BCUT2D eigenvalue weighted by atomic mass is 32.2. The van der Waals surface area contributed by atoms with Gasteiger partial charge >= 0.3 is 0 Å². The Morgan fingerprint density at radius 2 is 1.55 bits per heavy atom. The number of sulfone groups is 1. The van der Waals surface area contributed by atoms with Gasteiger partial charge in [-0.15, -0.1) is 0 Å². The molecule has 0 radical (unpaired) electrons. The fourth-order valence-electron chi connectivity index (χ4n) is 5.52. The maximum absolute atomic E-state index is 13.6. The molecule has 0 amide bonds. The number of anilines is 3. The van der Waals surface area contributed by atoms with Gasteiger partial charge in [0.25, 0.3) is 5.56 Å². The first-order chi connectivity index (χ1) is 18.9. The summed E-state index contributed by atoms with van der Waals surface area (Å²) >= 11 is 0. The van der Waals surface area contributed by atoms with E-state index in [-0.39, 0.29) is 22.1 Å². The number of nitrogens with one attached hydrogen (secondary N) is 1. The van der Waals surface area contributed by atoms with Crippen LogP contribution in [0.25, 0.3) is 10.8 Å². The van der Waals surface area contributed by atoms with E-state index in [4.69, 9.17) is 0 Å². The molecule has 0 spiro atoms. The number of hydrogen-bond acceptors (Lipinski definition) is 7. The maximum atomic E-state index is 13.6. The van der Waals surface area contributed by atoms with Crippen molar-refractivity contribution in [2.75, 3.05) is 47.6 Å². The van der Waals surface area contributed by atoms with Crippen LogP contribution in [0.3, 0.4) is 0 Å². The molecule has 5 rings (SSSR count). The standard InChI is InChI=1S/C30H35N5O4S/c1-20-16-23(21(2)31-26-8-6-7-9-27(26)40(5,38)39)24-18-28(33(4)30(37)25(24)17-20)35-14-12-34(13-15-35)22-10-11-29(36)32(3)19-22/h6-11,16-19,21,31H,12-15H2,1-5H3/t21-/m1/s1. The normalized spacial score (nSPS) is 14.9. The number of para-hydroxylation sites is 1. The molecule has 1 atom stereocenters. The molecule has 1 saturated heterocycles. The van der Waals surface area contributed by atoms with Crippen molar-refractivity contribution in [3.8, 4) is 0 Å². The SMILES string of the molecule is Cc1cc([C@@H](C)Nc2ccccc2S(C)(=O)=O)c2cc(N3CCN(c4ccc(=O)n(C)c4)CC3)n(C)c(=O)c2c1. The minimum atomic E-state index is -3.42. The maximum Gasteiger partial charge on any atom is 0.259 e. The van der Waals surface area contributed by atoms with E-state index in [1.54, 1.807) is 46.5 Å². The quantitative estimate of drug-likeness (QED) is 0.385. The van der Waals surface area contributed by atoms with E-state index in [1.165, 1.54) is 6.26 Å². The number of rotatable bonds is 6. The molecule has 9 nitrogen and oxygen atoms in total. The van der Waals surface area contributed by atoms with Crippen molar-refractivity contribution in [2.24, 2.45) is 14.1 Å². The minimum absolute atomic E-state index is 0.0388. The predicted molar refractivity (Wildman–Crippen MR) is 162 cm³/mol. The number of benzene rings is 2. The van der Waals surface area contributed by atoms with Gasteiger partial charge in [0.15, 0.2) is 9.84 Å². The number of pyridine rings is 2. The third kappa shape index (κ3) is 5.23. The lowest BCUT2D eigenvalue weighted by Gasteiger charge is -2.38. The zero-order chi connectivity index (χ0) is 28.8. The Kier molecular flexibility index (Phi) is 7.22. The van der Waals surface area contributed by atoms with E-state index in [0.29, 0.717) is 11.1 Å². The molecule has 4 aromatic rings. The first kappa shape index (κ1) is 27.5. The lowest BCUT2D eigenvalue weighted by Crippen LogP contribution is -2.48. The van der Waals surface area contributed by atoms with Crippen LogP contribution in [-0.4, -0.2) is 50.0 Å². The molecule has 210 valence electrons. The Morgan fingerprint density at radius 1 is 0.875 bits per heavy atom. The van der Waals surface area contributed by atoms with Crippen LogP contribution in [0.4, 0.5) is 17.2 Å². The van der Waals surface area contributed by atoms with E-state index in [0.717, 1.165) is 54.2 Å². The van der Waals surface area contributed by atoms with Crippen molar-refractivity contribution in [2.45, 2.75) is 24.8 Å². The van der Waals surface area contributed by atoms with E-state index >= 15 is 0 Å². The molecule has 3 heterocycles. The number of hydrogen-bond donors (Lipinski definition) is 1. The van der Waals surface area contributed by atoms with E-state index in [2.05, 4.69) is 27.2 Å². The molecule has 0 aliphatic carbocycles. The second-order valence-electron chi connectivity index (χ2n) is 10.6. The van der Waals surface area contributed by atoms with E-state index in [9.17, 15) is 18.0 Å². The van der Waals surface area contributed by atoms with Gasteiger partial charge in [0.1, 0.15) is 5.82 Å². The fourth-order valence-corrected chi connectivity index (χ4v) is 6.37. The number of aromatic nitrogens is 2. The van der Waals surface area contributed by atoms with Gasteiger partial charge in [0, 0.05) is 70.2 Å². The monoisotopic (exact) mass is 561 g/mol. The van der Waals surface area contributed by atoms with Crippen LogP contribution < -0.4 is 26.2 Å². The molecule has 40 heavy (non-hydrogen) atoms. The average Bonchev–Trinajstić information content (AvgIpc) is 2.92. The van der Waals surface area contributed by atoms with Crippen LogP contribution in [0.5, 0.6) is 0 Å². The molecule has 1 aliphatic rings. The number of piperazine rings is 1. The van der Waals surface area contributed by atoms with Crippen LogP contribution in [0.15, 0.2) is 75.3 Å². The molecular formula is C30H35N5O4S. The van der Waals surface area contributed by atoms with Crippen molar-refractivity contribution in [1.82, 2.24) is 9.13 Å². The first-order valence-electron chi connectivity index (χ1n) is 13.3. The van der Waals surface area contributed by atoms with Gasteiger partial charge < -0.3 is 19.7 Å². The number of nitrogens with zero attached hydrogens (tertiary/aromatic N) is 4. The molecule has 2 aromatic heterocycles. The predicted octanol–water partition coefficient (Wildman–Crippen LogP) is 3.45. The summed E-state index contributed by atoms with van der Waals surface area (Å²) in [6.45, 7) is 6.90. The van der Waals surface area contributed by atoms with Gasteiger partial charge in [-0.25, -0.2) is 8.42 Å². The van der Waals surface area contributed by atoms with Crippen molar-refractivity contribution in [1.29, 1.82) is 0 Å². The summed E-state index contributed by atoms with van der Waals surface area (Å²) in [5.74, 6) is 0.839. The Morgan fingerprint density at radius 3 is 2.23 bits per heavy atom. The van der Waals surface area contributed by atoms with Crippen LogP contribution in [-0.2, 0) is 23.9 Å². The molecule has 0 bridgehead atoms. The summed E-state index contributed by atoms with van der Waals surface area (Å²) in [6, 6.07) is 16.1. The summed E-state index contributed by atoms with van der Waals surface area (Å²) < 4.78 is 28.1. The molecule has 1 aliphatic heterocycles. The molecule has 2 aromatic carbocycles. The number of fused-ring (bicyclic) bond motifs is 1. The molecule has 1 N–H and O–H groups in total. The summed E-state index contributed by atoms with van der Waals surface area (Å²) in [4.78, 5) is 30.1. The zero-order valence-corrected chi connectivity index (χ0v) is 24.3. The van der Waals surface area contributed by atoms with Crippen LogP contribution in [0.2, 0.25) is 0 Å². The summed E-state index contributed by atoms with van der Waals surface area (Å²) in [5, 5.41) is 4.87. The highest BCUT2D eigenvalue weighted by Crippen LogP contribution is 2.32. The van der Waals surface area contributed by atoms with Gasteiger partial charge in [-0.1, -0.05) is 18.2 Å². The smallest absolute Gasteiger partial charge is 0.259 e. The van der Waals surface area contributed by atoms with Crippen LogP contribution in [0.1, 0.15) is 24.1 Å². The van der Waals surface area contributed by atoms with Crippen molar-refractivity contribution < 1.29 is 8.42 Å². The van der Waals surface area contributed by atoms with E-state index in [1.807, 2.05) is 39.2 Å². The fraction of sp³-hybridized carbons (Fsp3) is 0.333. The molecule has 1 fully saturated rings. The second-order valence-corrected chi connectivity index (χ2v) is 12.6. The number of aryl methyl sites for hydroxylation is 2. The lowest BCUT2D eigenvalue weighted by atomic mass is 9.97. The zero-order valence-electron chi connectivity index (χ0n) is 23.5. The molecule has 0 unspecified atom stereocenters. The third-order valence-electron chi connectivity index (χ3n) is 7.67. The highest BCUT2D eigenvalue weighted by molar-refractivity contribution is 7.90. The Bertz CT molecular complexity index is 1820. The topological polar surface area (TPSA) is 96.7 Å². The molecular weight excluding hydrogens is 526 g/mol. The Hall–Kier alpha value is -4.05. The molecule has 10 heteroatoms. The van der Waals surface area contributed by atoms with Crippen molar-refractivity contribution in [3.05, 3.63) is 92.6 Å². The molecule has 0 saturated carbocycles. The van der Waals surface area contributed by atoms with Crippen LogP contribution >= 0.6 is 0 Å². The Labute approximate surface area is 234 Å². The highest BCUT2D eigenvalue weighted by Gasteiger charge is 2.23. The van der Waals surface area contributed by atoms with Gasteiger partial charge in [-0.3, -0.25) is 14.2 Å². The van der Waals surface area contributed by atoms with Gasteiger partial charge in [-0.05, 0) is 60.7 Å².